The van der Waals surface area contributed by atoms with Crippen molar-refractivity contribution in [3.05, 3.63) is 56.2 Å². The molecule has 1 unspecified atom stereocenters. The summed E-state index contributed by atoms with van der Waals surface area (Å²) in [4.78, 5) is 31.2. The van der Waals surface area contributed by atoms with Crippen LogP contribution in [-0.2, 0) is 27.3 Å². The van der Waals surface area contributed by atoms with Gasteiger partial charge in [0.15, 0.2) is 5.79 Å². The van der Waals surface area contributed by atoms with Gasteiger partial charge in [-0.25, -0.2) is 9.87 Å². The van der Waals surface area contributed by atoms with Crippen LogP contribution in [0, 0.1) is 12.7 Å². The minimum atomic E-state index is -0.706. The molecule has 186 valence electrons. The van der Waals surface area contributed by atoms with Gasteiger partial charge in [0.2, 0.25) is 0 Å². The SMILES string of the molecule is CC.Cc1ccc(Nc2c(C(=O)NOCC3COC(C)(C)O3)c3n(c(=O)c2Cl)CCC3)c(F)c1. The zero-order valence-electron chi connectivity index (χ0n) is 20.1. The van der Waals surface area contributed by atoms with Crippen LogP contribution in [0.4, 0.5) is 15.8 Å². The van der Waals surface area contributed by atoms with Crippen LogP contribution in [0.15, 0.2) is 23.0 Å². The first-order chi connectivity index (χ1) is 16.2. The minimum absolute atomic E-state index is 0.0512. The Morgan fingerprint density at radius 3 is 2.74 bits per heavy atom. The third-order valence-electron chi connectivity index (χ3n) is 5.42. The molecule has 2 aromatic rings. The summed E-state index contributed by atoms with van der Waals surface area (Å²) >= 11 is 6.35. The molecule has 4 rings (SSSR count). The van der Waals surface area contributed by atoms with Gasteiger partial charge < -0.3 is 19.4 Å². The summed E-state index contributed by atoms with van der Waals surface area (Å²) in [7, 11) is 0. The zero-order chi connectivity index (χ0) is 25.0. The Kier molecular flexibility index (Phi) is 8.35. The van der Waals surface area contributed by atoms with Gasteiger partial charge in [-0.15, -0.1) is 0 Å². The second kappa shape index (κ2) is 10.9. The van der Waals surface area contributed by atoms with Crippen LogP contribution in [0.2, 0.25) is 5.02 Å². The van der Waals surface area contributed by atoms with Gasteiger partial charge in [0.05, 0.1) is 23.5 Å². The number of hydrogen-bond donors (Lipinski definition) is 2. The van der Waals surface area contributed by atoms with E-state index in [9.17, 15) is 14.0 Å². The molecule has 8 nitrogen and oxygen atoms in total. The number of carbonyl (C=O) groups is 1. The van der Waals surface area contributed by atoms with Crippen molar-refractivity contribution < 1.29 is 23.5 Å². The molecular weight excluding hydrogens is 465 g/mol. The Balaban J connectivity index is 0.00000158. The molecule has 1 aromatic heterocycles. The van der Waals surface area contributed by atoms with Crippen molar-refractivity contribution in [2.24, 2.45) is 0 Å². The molecule has 0 spiro atoms. The van der Waals surface area contributed by atoms with Crippen LogP contribution < -0.4 is 16.4 Å². The maximum atomic E-state index is 14.5. The number of aromatic nitrogens is 1. The molecule has 10 heteroatoms. The Morgan fingerprint density at radius 1 is 1.35 bits per heavy atom. The van der Waals surface area contributed by atoms with Gasteiger partial charge in [-0.1, -0.05) is 31.5 Å². The third-order valence-corrected chi connectivity index (χ3v) is 5.78. The van der Waals surface area contributed by atoms with Crippen LogP contribution in [0.25, 0.3) is 0 Å². The molecule has 1 fully saturated rings. The third kappa shape index (κ3) is 5.60. The number of pyridine rings is 1. The first-order valence-corrected chi connectivity index (χ1v) is 11.8. The van der Waals surface area contributed by atoms with E-state index in [4.69, 9.17) is 25.9 Å². The second-order valence-corrected chi connectivity index (χ2v) is 8.75. The predicted octanol–water partition coefficient (Wildman–Crippen LogP) is 4.48. The number of hydroxylamine groups is 1. The van der Waals surface area contributed by atoms with Gasteiger partial charge in [-0.05, 0) is 51.3 Å². The van der Waals surface area contributed by atoms with Gasteiger partial charge >= 0.3 is 0 Å². The van der Waals surface area contributed by atoms with Gasteiger partial charge in [0.25, 0.3) is 11.5 Å². The summed E-state index contributed by atoms with van der Waals surface area (Å²) in [6.45, 7) is 10.2. The fraction of sp³-hybridized carbons (Fsp3) is 0.500. The van der Waals surface area contributed by atoms with Crippen molar-refractivity contribution in [1.82, 2.24) is 10.0 Å². The number of rotatable bonds is 6. The average Bonchev–Trinajstić information content (AvgIpc) is 3.41. The molecule has 0 bridgehead atoms. The van der Waals surface area contributed by atoms with E-state index in [-0.39, 0.29) is 34.7 Å². The average molecular weight is 496 g/mol. The van der Waals surface area contributed by atoms with E-state index in [0.29, 0.717) is 31.7 Å². The lowest BCUT2D eigenvalue weighted by Crippen LogP contribution is -2.33. The highest BCUT2D eigenvalue weighted by Crippen LogP contribution is 2.33. The highest BCUT2D eigenvalue weighted by atomic mass is 35.5. The van der Waals surface area contributed by atoms with E-state index in [1.165, 1.54) is 16.7 Å². The van der Waals surface area contributed by atoms with E-state index in [0.717, 1.165) is 5.56 Å². The van der Waals surface area contributed by atoms with E-state index in [2.05, 4.69) is 10.8 Å². The zero-order valence-corrected chi connectivity index (χ0v) is 20.8. The highest BCUT2D eigenvalue weighted by Gasteiger charge is 2.33. The van der Waals surface area contributed by atoms with Crippen molar-refractivity contribution in [2.45, 2.75) is 65.9 Å². The number of nitrogens with zero attached hydrogens (tertiary/aromatic N) is 1. The highest BCUT2D eigenvalue weighted by molar-refractivity contribution is 6.34. The lowest BCUT2D eigenvalue weighted by molar-refractivity contribution is -0.147. The molecule has 1 amide bonds. The van der Waals surface area contributed by atoms with Gasteiger partial charge in [-0.2, -0.15) is 0 Å². The molecule has 2 aliphatic rings. The first-order valence-electron chi connectivity index (χ1n) is 11.4. The Bertz CT molecular complexity index is 1120. The number of amides is 1. The molecule has 34 heavy (non-hydrogen) atoms. The Hall–Kier alpha value is -2.46. The number of ether oxygens (including phenoxy) is 2. The van der Waals surface area contributed by atoms with Gasteiger partial charge in [0.1, 0.15) is 23.6 Å². The molecule has 3 heterocycles. The van der Waals surface area contributed by atoms with Crippen LogP contribution in [0.1, 0.15) is 55.7 Å². The maximum absolute atomic E-state index is 14.5. The summed E-state index contributed by atoms with van der Waals surface area (Å²) in [5, 5.41) is 2.66. The molecule has 0 aliphatic carbocycles. The number of carbonyl (C=O) groups excluding carboxylic acids is 1. The van der Waals surface area contributed by atoms with E-state index < -0.39 is 23.1 Å². The van der Waals surface area contributed by atoms with Crippen LogP contribution in [0.5, 0.6) is 0 Å². The van der Waals surface area contributed by atoms with Crippen molar-refractivity contribution in [3.63, 3.8) is 0 Å². The van der Waals surface area contributed by atoms with Crippen molar-refractivity contribution in [2.75, 3.05) is 18.5 Å². The molecule has 1 saturated heterocycles. The lowest BCUT2D eigenvalue weighted by Gasteiger charge is -2.19. The number of halogens is 2. The van der Waals surface area contributed by atoms with Gasteiger partial charge in [-0.3, -0.25) is 14.4 Å². The molecule has 2 aliphatic heterocycles. The molecule has 1 aromatic carbocycles. The molecule has 0 saturated carbocycles. The number of anilines is 2. The van der Waals surface area contributed by atoms with E-state index >= 15 is 0 Å². The largest absolute Gasteiger partial charge is 0.351 e. The number of nitrogens with one attached hydrogen (secondary N) is 2. The van der Waals surface area contributed by atoms with Crippen molar-refractivity contribution in [1.29, 1.82) is 0 Å². The number of hydrogen-bond acceptors (Lipinski definition) is 6. The monoisotopic (exact) mass is 495 g/mol. The van der Waals surface area contributed by atoms with Crippen LogP contribution >= 0.6 is 11.6 Å². The Morgan fingerprint density at radius 2 is 2.09 bits per heavy atom. The summed E-state index contributed by atoms with van der Waals surface area (Å²) in [6.07, 6.45) is 0.864. The smallest absolute Gasteiger partial charge is 0.278 e. The topological polar surface area (TPSA) is 90.8 Å². The van der Waals surface area contributed by atoms with Gasteiger partial charge in [0, 0.05) is 12.2 Å². The Labute approximate surface area is 203 Å². The summed E-state index contributed by atoms with van der Waals surface area (Å²) in [5.41, 5.74) is 3.54. The fourth-order valence-electron chi connectivity index (χ4n) is 3.95. The quantitative estimate of drug-likeness (QED) is 0.574. The summed E-state index contributed by atoms with van der Waals surface area (Å²) in [6, 6.07) is 4.60. The lowest BCUT2D eigenvalue weighted by atomic mass is 10.1. The van der Waals surface area contributed by atoms with Crippen molar-refractivity contribution in [3.8, 4) is 0 Å². The number of aryl methyl sites for hydroxylation is 1. The first kappa shape index (κ1) is 26.2. The molecule has 2 N–H and O–H groups in total. The van der Waals surface area contributed by atoms with E-state index in [1.807, 2.05) is 13.8 Å². The van der Waals surface area contributed by atoms with Crippen LogP contribution in [0.3, 0.4) is 0 Å². The molecule has 0 radical (unpaired) electrons. The minimum Gasteiger partial charge on any atom is -0.351 e. The summed E-state index contributed by atoms with van der Waals surface area (Å²) in [5.74, 6) is -1.82. The predicted molar refractivity (Wildman–Crippen MR) is 128 cm³/mol. The maximum Gasteiger partial charge on any atom is 0.278 e. The summed E-state index contributed by atoms with van der Waals surface area (Å²) < 4.78 is 27.1. The molecule has 1 atom stereocenters. The van der Waals surface area contributed by atoms with Crippen LogP contribution in [-0.4, -0.2) is 35.6 Å². The number of benzene rings is 1. The normalized spacial score (nSPS) is 18.1. The fourth-order valence-corrected chi connectivity index (χ4v) is 4.20. The van der Waals surface area contributed by atoms with E-state index in [1.54, 1.807) is 26.8 Å². The second-order valence-electron chi connectivity index (χ2n) is 8.37. The molecular formula is C24H31ClFN3O5. The standard InChI is InChI=1S/C22H25ClFN3O5.C2H6/c1-12-6-7-15(14(24)9-12)25-19-17(16-5-4-8-27(16)21(29)18(19)23)20(28)26-31-11-13-10-30-22(2,3)32-13;1-2/h6-7,9,13,25H,4-5,8,10-11H2,1-3H3,(H,26,28);1-2H3. The number of fused-ring (bicyclic) bond motifs is 1. The van der Waals surface area contributed by atoms with Crippen molar-refractivity contribution >= 4 is 28.9 Å².